The fourth-order valence-corrected chi connectivity index (χ4v) is 3.81. The number of hydrogen-bond acceptors (Lipinski definition) is 5. The Hall–Kier alpha value is -3.23. The molecule has 8 nitrogen and oxygen atoms in total. The highest BCUT2D eigenvalue weighted by atomic mass is 19.1. The quantitative estimate of drug-likeness (QED) is 0.692. The van der Waals surface area contributed by atoms with E-state index in [2.05, 4.69) is 20.4 Å². The summed E-state index contributed by atoms with van der Waals surface area (Å²) in [6.45, 7) is 9.04. The zero-order valence-electron chi connectivity index (χ0n) is 19.6. The third-order valence-corrected chi connectivity index (χ3v) is 5.98. The second-order valence-electron chi connectivity index (χ2n) is 8.23. The Labute approximate surface area is 194 Å². The number of rotatable bonds is 7. The highest BCUT2D eigenvalue weighted by Crippen LogP contribution is 2.20. The van der Waals surface area contributed by atoms with E-state index in [0.29, 0.717) is 31.9 Å². The van der Waals surface area contributed by atoms with Gasteiger partial charge in [0.25, 0.3) is 0 Å². The summed E-state index contributed by atoms with van der Waals surface area (Å²) in [7, 11) is 0. The van der Waals surface area contributed by atoms with Crippen LogP contribution >= 0.6 is 0 Å². The van der Waals surface area contributed by atoms with Gasteiger partial charge in [-0.3, -0.25) is 4.79 Å². The lowest BCUT2D eigenvalue weighted by molar-refractivity contribution is -0.132. The van der Waals surface area contributed by atoms with Crippen molar-refractivity contribution in [1.82, 2.24) is 25.3 Å². The van der Waals surface area contributed by atoms with Gasteiger partial charge in [-0.25, -0.2) is 9.18 Å². The Morgan fingerprint density at radius 2 is 1.82 bits per heavy atom. The summed E-state index contributed by atoms with van der Waals surface area (Å²) in [5, 5.41) is 11.5. The molecule has 1 atom stereocenters. The van der Waals surface area contributed by atoms with Crippen LogP contribution in [0.3, 0.4) is 0 Å². The summed E-state index contributed by atoms with van der Waals surface area (Å²) in [6, 6.07) is 9.73. The second kappa shape index (κ2) is 11.6. The van der Waals surface area contributed by atoms with E-state index in [9.17, 15) is 14.0 Å². The summed E-state index contributed by atoms with van der Waals surface area (Å²) >= 11 is 0. The normalized spacial score (nSPS) is 15.0. The number of nitrogens with one attached hydrogen (secondary N) is 1. The van der Waals surface area contributed by atoms with Crippen molar-refractivity contribution in [1.29, 1.82) is 0 Å². The van der Waals surface area contributed by atoms with Gasteiger partial charge in [-0.05, 0) is 63.1 Å². The van der Waals surface area contributed by atoms with Crippen LogP contribution in [0.25, 0.3) is 11.3 Å². The van der Waals surface area contributed by atoms with Gasteiger partial charge in [-0.15, -0.1) is 10.2 Å². The molecule has 0 bridgehead atoms. The molecule has 0 spiro atoms. The Morgan fingerprint density at radius 1 is 1.06 bits per heavy atom. The molecule has 3 rings (SSSR count). The van der Waals surface area contributed by atoms with Crippen LogP contribution < -0.4 is 10.2 Å². The van der Waals surface area contributed by atoms with Gasteiger partial charge in [0.15, 0.2) is 5.82 Å². The van der Waals surface area contributed by atoms with E-state index >= 15 is 0 Å². The molecule has 2 aromatic rings. The highest BCUT2D eigenvalue weighted by Gasteiger charge is 2.26. The lowest BCUT2D eigenvalue weighted by atomic mass is 10.1. The molecule has 1 aromatic heterocycles. The first-order valence-electron chi connectivity index (χ1n) is 11.6. The number of amides is 3. The van der Waals surface area contributed by atoms with Gasteiger partial charge in [0.2, 0.25) is 5.91 Å². The number of benzene rings is 1. The number of halogens is 1. The number of urea groups is 1. The number of aromatic nitrogens is 2. The first-order valence-corrected chi connectivity index (χ1v) is 11.6. The minimum Gasteiger partial charge on any atom is -0.353 e. The monoisotopic (exact) mass is 456 g/mol. The molecule has 2 heterocycles. The van der Waals surface area contributed by atoms with Crippen LogP contribution in [-0.2, 0) is 4.79 Å². The average molecular weight is 457 g/mol. The largest absolute Gasteiger partial charge is 0.353 e. The highest BCUT2D eigenvalue weighted by molar-refractivity contribution is 5.84. The molecule has 9 heteroatoms. The van der Waals surface area contributed by atoms with Gasteiger partial charge in [-0.1, -0.05) is 6.92 Å². The molecule has 1 fully saturated rings. The van der Waals surface area contributed by atoms with Gasteiger partial charge in [0.1, 0.15) is 12.4 Å². The van der Waals surface area contributed by atoms with Gasteiger partial charge in [0, 0.05) is 44.3 Å². The summed E-state index contributed by atoms with van der Waals surface area (Å²) in [5.41, 5.74) is 1.49. The van der Waals surface area contributed by atoms with Gasteiger partial charge >= 0.3 is 6.03 Å². The smallest absolute Gasteiger partial charge is 0.318 e. The minimum atomic E-state index is -0.287. The first-order chi connectivity index (χ1) is 15.9. The van der Waals surface area contributed by atoms with E-state index in [4.69, 9.17) is 0 Å². The van der Waals surface area contributed by atoms with Crippen LogP contribution in [0.5, 0.6) is 0 Å². The van der Waals surface area contributed by atoms with Crippen LogP contribution in [0, 0.1) is 5.82 Å². The summed E-state index contributed by atoms with van der Waals surface area (Å²) in [5.74, 6) is 0.421. The summed E-state index contributed by atoms with van der Waals surface area (Å²) in [6.07, 6.45) is 1.59. The van der Waals surface area contributed by atoms with Gasteiger partial charge < -0.3 is 20.0 Å². The SMILES string of the molecule is CCNC(=O)N(CC(=O)N1CCCN(c2ccc(-c3ccc(F)cc3)nn2)CC1)[C@@H](C)CC. The molecular weight excluding hydrogens is 423 g/mol. The lowest BCUT2D eigenvalue weighted by Crippen LogP contribution is -2.50. The zero-order chi connectivity index (χ0) is 23.8. The minimum absolute atomic E-state index is 0.0149. The first kappa shape index (κ1) is 24.4. The van der Waals surface area contributed by atoms with Crippen LogP contribution in [0.4, 0.5) is 15.0 Å². The predicted molar refractivity (Wildman–Crippen MR) is 126 cm³/mol. The van der Waals surface area contributed by atoms with E-state index in [-0.39, 0.29) is 30.3 Å². The Kier molecular flexibility index (Phi) is 8.57. The maximum atomic E-state index is 13.1. The summed E-state index contributed by atoms with van der Waals surface area (Å²) < 4.78 is 13.1. The van der Waals surface area contributed by atoms with Crippen molar-refractivity contribution in [2.75, 3.05) is 44.2 Å². The Bertz CT molecular complexity index is 922. The van der Waals surface area contributed by atoms with Crippen molar-refractivity contribution >= 4 is 17.8 Å². The number of carbonyl (C=O) groups excluding carboxylic acids is 2. The number of anilines is 1. The van der Waals surface area contributed by atoms with E-state index in [0.717, 1.165) is 30.8 Å². The van der Waals surface area contributed by atoms with Gasteiger partial charge in [-0.2, -0.15) is 0 Å². The molecule has 1 saturated heterocycles. The predicted octanol–water partition coefficient (Wildman–Crippen LogP) is 3.15. The molecule has 1 aliphatic rings. The van der Waals surface area contributed by atoms with Crippen molar-refractivity contribution in [2.24, 2.45) is 0 Å². The van der Waals surface area contributed by atoms with E-state index in [1.165, 1.54) is 12.1 Å². The molecule has 0 saturated carbocycles. The topological polar surface area (TPSA) is 81.7 Å². The fraction of sp³-hybridized carbons (Fsp3) is 0.500. The molecule has 0 aliphatic carbocycles. The molecular formula is C24H33FN6O2. The molecule has 33 heavy (non-hydrogen) atoms. The molecule has 1 N–H and O–H groups in total. The third kappa shape index (κ3) is 6.40. The molecule has 178 valence electrons. The maximum Gasteiger partial charge on any atom is 0.318 e. The van der Waals surface area contributed by atoms with Crippen LogP contribution in [0.2, 0.25) is 0 Å². The van der Waals surface area contributed by atoms with Crippen molar-refractivity contribution in [2.45, 2.75) is 39.7 Å². The van der Waals surface area contributed by atoms with Crippen LogP contribution in [0.15, 0.2) is 36.4 Å². The van der Waals surface area contributed by atoms with Crippen molar-refractivity contribution in [3.05, 3.63) is 42.2 Å². The molecule has 1 aromatic carbocycles. The van der Waals surface area contributed by atoms with Crippen LogP contribution in [0.1, 0.15) is 33.6 Å². The molecule has 0 unspecified atom stereocenters. The average Bonchev–Trinajstić information content (AvgIpc) is 3.09. The lowest BCUT2D eigenvalue weighted by Gasteiger charge is -2.30. The number of hydrogen-bond donors (Lipinski definition) is 1. The van der Waals surface area contributed by atoms with Crippen LogP contribution in [-0.4, -0.2) is 77.2 Å². The molecule has 3 amide bonds. The van der Waals surface area contributed by atoms with E-state index in [1.807, 2.05) is 37.8 Å². The van der Waals surface area contributed by atoms with Crippen molar-refractivity contribution in [3.8, 4) is 11.3 Å². The zero-order valence-corrected chi connectivity index (χ0v) is 19.6. The Balaban J connectivity index is 1.60. The standard InChI is InChI=1S/C24H33FN6O2/c1-4-18(3)31(24(33)26-5-2)17-23(32)30-14-6-13-29(15-16-30)22-12-11-21(27-28-22)19-7-9-20(25)10-8-19/h7-12,18H,4-6,13-17H2,1-3H3,(H,26,33)/t18-/m0/s1. The van der Waals surface area contributed by atoms with E-state index < -0.39 is 0 Å². The maximum absolute atomic E-state index is 13.1. The van der Waals surface area contributed by atoms with Gasteiger partial charge in [0.05, 0.1) is 5.69 Å². The third-order valence-electron chi connectivity index (χ3n) is 5.98. The molecule has 0 radical (unpaired) electrons. The summed E-state index contributed by atoms with van der Waals surface area (Å²) in [4.78, 5) is 31.0. The Morgan fingerprint density at radius 3 is 2.45 bits per heavy atom. The number of nitrogens with zero attached hydrogens (tertiary/aromatic N) is 5. The molecule has 1 aliphatic heterocycles. The second-order valence-corrected chi connectivity index (χ2v) is 8.23. The number of carbonyl (C=O) groups is 2. The van der Waals surface area contributed by atoms with E-state index in [1.54, 1.807) is 17.0 Å². The van der Waals surface area contributed by atoms with Crippen molar-refractivity contribution in [3.63, 3.8) is 0 Å². The fourth-order valence-electron chi connectivity index (χ4n) is 3.81. The van der Waals surface area contributed by atoms with Crippen molar-refractivity contribution < 1.29 is 14.0 Å².